The molecule has 24 heavy (non-hydrogen) atoms. The first-order valence-electron chi connectivity index (χ1n) is 7.60. The maximum atomic E-state index is 13.1. The fraction of sp³-hybridized carbons (Fsp3) is 0.625. The molecule has 1 N–H and O–H groups in total. The van der Waals surface area contributed by atoms with Crippen molar-refractivity contribution in [3.63, 3.8) is 0 Å². The van der Waals surface area contributed by atoms with Crippen LogP contribution < -0.4 is 14.8 Å². The van der Waals surface area contributed by atoms with E-state index in [0.717, 1.165) is 25.1 Å². The minimum atomic E-state index is -4.05. The fourth-order valence-corrected chi connectivity index (χ4v) is 2.95. The molecule has 0 heterocycles. The largest absolute Gasteiger partial charge is 0.496 e. The third-order valence-corrected chi connectivity index (χ3v) is 4.46. The summed E-state index contributed by atoms with van der Waals surface area (Å²) >= 11 is 0.626. The van der Waals surface area contributed by atoms with Crippen molar-refractivity contribution in [1.29, 1.82) is 0 Å². The van der Waals surface area contributed by atoms with Crippen molar-refractivity contribution < 1.29 is 27.0 Å². The predicted octanol–water partition coefficient (Wildman–Crippen LogP) is 4.24. The van der Waals surface area contributed by atoms with E-state index in [9.17, 15) is 17.6 Å². The Kier molecular flexibility index (Phi) is 8.69. The van der Waals surface area contributed by atoms with Crippen LogP contribution in [0.5, 0.6) is 11.5 Å². The Bertz CT molecular complexity index is 515. The zero-order valence-corrected chi connectivity index (χ0v) is 14.8. The van der Waals surface area contributed by atoms with Crippen molar-refractivity contribution >= 4 is 11.8 Å². The summed E-state index contributed by atoms with van der Waals surface area (Å²) in [4.78, 5) is 0.347. The second kappa shape index (κ2) is 9.98. The number of nitrogens with one attached hydrogen (secondary N) is 1. The molecule has 0 amide bonds. The molecule has 138 valence electrons. The third-order valence-electron chi connectivity index (χ3n) is 3.30. The van der Waals surface area contributed by atoms with Crippen LogP contribution in [0.1, 0.15) is 18.9 Å². The van der Waals surface area contributed by atoms with Gasteiger partial charge in [0.15, 0.2) is 0 Å². The van der Waals surface area contributed by atoms with Gasteiger partial charge >= 0.3 is 12.3 Å². The quantitative estimate of drug-likeness (QED) is 0.359. The van der Waals surface area contributed by atoms with E-state index < -0.39 is 18.1 Å². The van der Waals surface area contributed by atoms with E-state index in [2.05, 4.69) is 12.2 Å². The third kappa shape index (κ3) is 6.05. The summed E-state index contributed by atoms with van der Waals surface area (Å²) in [5.41, 5.74) is 0.864. The Morgan fingerprint density at radius 2 is 1.79 bits per heavy atom. The lowest BCUT2D eigenvalue weighted by molar-refractivity contribution is -0.109. The molecule has 0 fully saturated rings. The molecule has 3 nitrogen and oxygen atoms in total. The maximum Gasteiger partial charge on any atom is 0.316 e. The highest BCUT2D eigenvalue weighted by atomic mass is 32.2. The number of hydrogen-bond acceptors (Lipinski definition) is 4. The van der Waals surface area contributed by atoms with Gasteiger partial charge in [0.2, 0.25) is 0 Å². The minimum Gasteiger partial charge on any atom is -0.496 e. The van der Waals surface area contributed by atoms with Gasteiger partial charge in [0, 0.05) is 0 Å². The molecule has 0 saturated heterocycles. The molecule has 0 aromatic heterocycles. The molecule has 0 aliphatic carbocycles. The van der Waals surface area contributed by atoms with Gasteiger partial charge in [-0.3, -0.25) is 0 Å². The number of ether oxygens (including phenoxy) is 2. The Morgan fingerprint density at radius 3 is 2.33 bits per heavy atom. The summed E-state index contributed by atoms with van der Waals surface area (Å²) in [7, 11) is 2.89. The highest BCUT2D eigenvalue weighted by Gasteiger charge is 2.40. The van der Waals surface area contributed by atoms with Gasteiger partial charge in [0.05, 0.1) is 24.9 Å². The normalized spacial score (nSPS) is 11.8. The molecule has 8 heteroatoms. The summed E-state index contributed by atoms with van der Waals surface area (Å²) in [6, 6.07) is 3.26. The number of methoxy groups -OCH3 is 2. The Hall–Kier alpha value is -1.15. The number of benzene rings is 1. The van der Waals surface area contributed by atoms with Gasteiger partial charge in [0.1, 0.15) is 11.5 Å². The second-order valence-electron chi connectivity index (χ2n) is 5.17. The second-order valence-corrected chi connectivity index (χ2v) is 6.18. The van der Waals surface area contributed by atoms with Crippen LogP contribution in [0.3, 0.4) is 0 Å². The first-order valence-corrected chi connectivity index (χ1v) is 8.58. The molecule has 1 aromatic carbocycles. The van der Waals surface area contributed by atoms with Gasteiger partial charge < -0.3 is 14.8 Å². The highest BCUT2D eigenvalue weighted by Crippen LogP contribution is 2.39. The molecule has 1 aromatic rings. The summed E-state index contributed by atoms with van der Waals surface area (Å²) in [5, 5.41) is 3.26. The van der Waals surface area contributed by atoms with E-state index >= 15 is 0 Å². The minimum absolute atomic E-state index is 0.347. The Balaban J connectivity index is 2.89. The molecule has 0 aliphatic heterocycles. The van der Waals surface area contributed by atoms with Gasteiger partial charge in [-0.1, -0.05) is 6.92 Å². The predicted molar refractivity (Wildman–Crippen MR) is 88.1 cm³/mol. The summed E-state index contributed by atoms with van der Waals surface area (Å²) in [5.74, 6) is -4.18. The fourth-order valence-electron chi connectivity index (χ4n) is 2.00. The lowest BCUT2D eigenvalue weighted by atomic mass is 10.1. The van der Waals surface area contributed by atoms with E-state index in [1.54, 1.807) is 12.1 Å². The topological polar surface area (TPSA) is 30.5 Å². The molecular formula is C16H23F4NO2S. The van der Waals surface area contributed by atoms with Crippen molar-refractivity contribution in [2.75, 3.05) is 33.1 Å². The first kappa shape index (κ1) is 20.9. The van der Waals surface area contributed by atoms with Crippen LogP contribution in [0.15, 0.2) is 17.0 Å². The van der Waals surface area contributed by atoms with Crippen molar-refractivity contribution in [2.24, 2.45) is 0 Å². The lowest BCUT2D eigenvalue weighted by Gasteiger charge is -2.18. The van der Waals surface area contributed by atoms with Crippen LogP contribution in [-0.2, 0) is 6.42 Å². The van der Waals surface area contributed by atoms with Crippen molar-refractivity contribution in [3.8, 4) is 11.5 Å². The molecule has 0 unspecified atom stereocenters. The first-order chi connectivity index (χ1) is 11.4. The number of alkyl halides is 4. The molecule has 1 rings (SSSR count). The highest BCUT2D eigenvalue weighted by molar-refractivity contribution is 7.99. The van der Waals surface area contributed by atoms with E-state index in [-0.39, 0.29) is 0 Å². The van der Waals surface area contributed by atoms with Crippen LogP contribution in [0.2, 0.25) is 0 Å². The smallest absolute Gasteiger partial charge is 0.316 e. The van der Waals surface area contributed by atoms with Gasteiger partial charge in [-0.2, -0.15) is 8.78 Å². The van der Waals surface area contributed by atoms with Crippen LogP contribution in [-0.4, -0.2) is 45.4 Å². The Morgan fingerprint density at radius 1 is 1.12 bits per heavy atom. The molecule has 0 saturated carbocycles. The van der Waals surface area contributed by atoms with Crippen molar-refractivity contribution in [3.05, 3.63) is 17.7 Å². The molecule has 0 spiro atoms. The standard InChI is InChI=1S/C16H23F4NO2S/c1-4-6-21-7-5-11-8-13(23-3)14(9-12(11)22-2)24-10-16(19,20)15(17)18/h8-9,15,21H,4-7,10H2,1-3H3. The Labute approximate surface area is 144 Å². The number of thioether (sulfide) groups is 1. The van der Waals surface area contributed by atoms with Crippen LogP contribution in [0.4, 0.5) is 17.6 Å². The monoisotopic (exact) mass is 369 g/mol. The summed E-state index contributed by atoms with van der Waals surface area (Å²) < 4.78 is 61.3. The SMILES string of the molecule is CCCNCCc1cc(OC)c(SCC(F)(F)C(F)F)cc1OC. The molecule has 0 aliphatic rings. The summed E-state index contributed by atoms with van der Waals surface area (Å²) in [6.45, 7) is 3.71. The van der Waals surface area contributed by atoms with E-state index in [0.29, 0.717) is 34.6 Å². The number of hydrogen-bond donors (Lipinski definition) is 1. The van der Waals surface area contributed by atoms with Gasteiger partial charge in [0.25, 0.3) is 0 Å². The maximum absolute atomic E-state index is 13.1. The number of halogens is 4. The average molecular weight is 369 g/mol. The molecule has 0 bridgehead atoms. The van der Waals surface area contributed by atoms with Crippen molar-refractivity contribution in [1.82, 2.24) is 5.32 Å². The van der Waals surface area contributed by atoms with Crippen LogP contribution in [0.25, 0.3) is 0 Å². The molecule has 0 atom stereocenters. The zero-order chi connectivity index (χ0) is 18.2. The van der Waals surface area contributed by atoms with Crippen LogP contribution >= 0.6 is 11.8 Å². The molecular weight excluding hydrogens is 346 g/mol. The summed E-state index contributed by atoms with van der Waals surface area (Å²) in [6.07, 6.45) is -1.99. The zero-order valence-electron chi connectivity index (χ0n) is 14.0. The average Bonchev–Trinajstić information content (AvgIpc) is 2.56. The van der Waals surface area contributed by atoms with E-state index in [1.807, 2.05) is 0 Å². The van der Waals surface area contributed by atoms with Crippen molar-refractivity contribution in [2.45, 2.75) is 37.0 Å². The van der Waals surface area contributed by atoms with Gasteiger partial charge in [-0.15, -0.1) is 11.8 Å². The molecule has 0 radical (unpaired) electrons. The number of rotatable bonds is 11. The van der Waals surface area contributed by atoms with Crippen LogP contribution in [0, 0.1) is 0 Å². The van der Waals surface area contributed by atoms with E-state index in [4.69, 9.17) is 9.47 Å². The van der Waals surface area contributed by atoms with E-state index in [1.165, 1.54) is 14.2 Å². The van der Waals surface area contributed by atoms with Gasteiger partial charge in [-0.05, 0) is 43.6 Å². The van der Waals surface area contributed by atoms with Gasteiger partial charge in [-0.25, -0.2) is 8.78 Å². The lowest BCUT2D eigenvalue weighted by Crippen LogP contribution is -2.29.